The molecule has 1 aliphatic rings. The number of likely N-dealkylation sites (N-methyl/N-ethyl adjacent to an activating group) is 1. The van der Waals surface area contributed by atoms with E-state index in [9.17, 15) is 20.1 Å². The van der Waals surface area contributed by atoms with Crippen LogP contribution in [-0.4, -0.2) is 46.5 Å². The van der Waals surface area contributed by atoms with Crippen LogP contribution in [0.15, 0.2) is 21.3 Å². The maximum Gasteiger partial charge on any atom is 0.196 e. The number of hydrogen-bond acceptors (Lipinski definition) is 6. The number of aryl methyl sites for hydroxylation is 1. The van der Waals surface area contributed by atoms with Crippen molar-refractivity contribution in [3.63, 3.8) is 0 Å². The molecular weight excluding hydrogens is 286 g/mol. The second kappa shape index (κ2) is 5.30. The Balaban J connectivity index is 2.27. The molecule has 118 valence electrons. The summed E-state index contributed by atoms with van der Waals surface area (Å²) in [5.41, 5.74) is 0.199. The van der Waals surface area contributed by atoms with Crippen LogP contribution in [0.5, 0.6) is 11.5 Å². The number of phenolic OH excluding ortho intramolecular Hbond substituents is 2. The van der Waals surface area contributed by atoms with E-state index in [1.54, 1.807) is 6.92 Å². The van der Waals surface area contributed by atoms with Crippen molar-refractivity contribution in [3.8, 4) is 11.5 Å². The van der Waals surface area contributed by atoms with E-state index in [1.165, 1.54) is 6.07 Å². The summed E-state index contributed by atoms with van der Waals surface area (Å²) in [4.78, 5) is 14.1. The summed E-state index contributed by atoms with van der Waals surface area (Å²) < 4.78 is 5.62. The van der Waals surface area contributed by atoms with Gasteiger partial charge in [-0.1, -0.05) is 0 Å². The predicted octanol–water partition coefficient (Wildman–Crippen LogP) is 1.29. The Bertz CT molecular complexity index is 782. The van der Waals surface area contributed by atoms with Gasteiger partial charge in [0.25, 0.3) is 0 Å². The molecule has 6 heteroatoms. The second-order valence-electron chi connectivity index (χ2n) is 5.98. The largest absolute Gasteiger partial charge is 0.507 e. The van der Waals surface area contributed by atoms with E-state index < -0.39 is 6.10 Å². The molecule has 0 saturated carbocycles. The highest BCUT2D eigenvalue weighted by Crippen LogP contribution is 2.41. The zero-order chi connectivity index (χ0) is 16.0. The SMILES string of the molecule is Cc1cc(=O)c2c(O)cc(O)c([C@H]3CCN(C)C[C@@H]3O)c2o1. The third-order valence-electron chi connectivity index (χ3n) is 4.28. The molecule has 0 bridgehead atoms. The fraction of sp³-hybridized carbons (Fsp3) is 0.438. The fourth-order valence-electron chi connectivity index (χ4n) is 3.22. The summed E-state index contributed by atoms with van der Waals surface area (Å²) in [6.07, 6.45) is -0.0499. The van der Waals surface area contributed by atoms with Crippen molar-refractivity contribution in [2.24, 2.45) is 0 Å². The topological polar surface area (TPSA) is 94.1 Å². The molecule has 0 unspecified atom stereocenters. The van der Waals surface area contributed by atoms with Crippen LogP contribution in [0.25, 0.3) is 11.0 Å². The molecule has 1 aromatic carbocycles. The lowest BCUT2D eigenvalue weighted by molar-refractivity contribution is 0.0630. The number of aliphatic hydroxyl groups is 1. The van der Waals surface area contributed by atoms with Crippen LogP contribution in [-0.2, 0) is 0 Å². The van der Waals surface area contributed by atoms with Crippen molar-refractivity contribution in [1.82, 2.24) is 4.90 Å². The highest BCUT2D eigenvalue weighted by molar-refractivity contribution is 5.88. The molecule has 1 saturated heterocycles. The highest BCUT2D eigenvalue weighted by Gasteiger charge is 2.32. The standard InChI is InChI=1S/C16H19NO5/c1-8-5-10(18)15-12(20)6-11(19)14(16(15)22-8)9-3-4-17(2)7-13(9)21/h5-6,9,13,19-21H,3-4,7H2,1-2H3/t9-,13-/m0/s1. The smallest absolute Gasteiger partial charge is 0.196 e. The Morgan fingerprint density at radius 2 is 2.00 bits per heavy atom. The minimum atomic E-state index is -0.678. The molecular formula is C16H19NO5. The number of hydrogen-bond donors (Lipinski definition) is 3. The van der Waals surface area contributed by atoms with Gasteiger partial charge >= 0.3 is 0 Å². The molecule has 3 rings (SSSR count). The Morgan fingerprint density at radius 1 is 1.27 bits per heavy atom. The number of β-amino-alcohol motifs (C(OH)–C–C–N with tert-alkyl or cyclic N) is 1. The van der Waals surface area contributed by atoms with Gasteiger partial charge in [0.2, 0.25) is 0 Å². The molecule has 1 aromatic heterocycles. The summed E-state index contributed by atoms with van der Waals surface area (Å²) in [7, 11) is 1.92. The highest BCUT2D eigenvalue weighted by atomic mass is 16.3. The number of aromatic hydroxyl groups is 2. The van der Waals surface area contributed by atoms with Crippen molar-refractivity contribution in [2.45, 2.75) is 25.4 Å². The van der Waals surface area contributed by atoms with E-state index >= 15 is 0 Å². The molecule has 2 aromatic rings. The Morgan fingerprint density at radius 3 is 2.68 bits per heavy atom. The molecule has 2 atom stereocenters. The van der Waals surface area contributed by atoms with Crippen LogP contribution in [0.4, 0.5) is 0 Å². The van der Waals surface area contributed by atoms with Gasteiger partial charge in [0.05, 0.1) is 6.10 Å². The molecule has 6 nitrogen and oxygen atoms in total. The summed E-state index contributed by atoms with van der Waals surface area (Å²) in [6, 6.07) is 2.45. The number of fused-ring (bicyclic) bond motifs is 1. The molecule has 1 fully saturated rings. The first kappa shape index (κ1) is 14.9. The third-order valence-corrected chi connectivity index (χ3v) is 4.28. The molecule has 1 aliphatic heterocycles. The number of nitrogens with zero attached hydrogens (tertiary/aromatic N) is 1. The van der Waals surface area contributed by atoms with Crippen molar-refractivity contribution in [2.75, 3.05) is 20.1 Å². The number of aliphatic hydroxyl groups excluding tert-OH is 1. The number of rotatable bonds is 1. The van der Waals surface area contributed by atoms with Gasteiger partial charge in [-0.2, -0.15) is 0 Å². The molecule has 0 spiro atoms. The summed E-state index contributed by atoms with van der Waals surface area (Å²) in [6.45, 7) is 2.87. The summed E-state index contributed by atoms with van der Waals surface area (Å²) in [5, 5.41) is 30.6. The zero-order valence-corrected chi connectivity index (χ0v) is 12.5. The number of benzene rings is 1. The van der Waals surface area contributed by atoms with Crippen LogP contribution in [0, 0.1) is 6.92 Å². The number of phenols is 2. The summed E-state index contributed by atoms with van der Waals surface area (Å²) in [5.74, 6) is -0.421. The lowest BCUT2D eigenvalue weighted by atomic mass is 9.85. The predicted molar refractivity (Wildman–Crippen MR) is 81.4 cm³/mol. The van der Waals surface area contributed by atoms with E-state index in [0.29, 0.717) is 24.3 Å². The maximum absolute atomic E-state index is 12.1. The molecule has 3 N–H and O–H groups in total. The molecule has 0 aliphatic carbocycles. The van der Waals surface area contributed by atoms with E-state index in [1.807, 2.05) is 11.9 Å². The maximum atomic E-state index is 12.1. The minimum Gasteiger partial charge on any atom is -0.507 e. The first-order chi connectivity index (χ1) is 10.4. The van der Waals surface area contributed by atoms with Gasteiger partial charge in [-0.3, -0.25) is 4.79 Å². The van der Waals surface area contributed by atoms with Crippen molar-refractivity contribution in [1.29, 1.82) is 0 Å². The van der Waals surface area contributed by atoms with Gasteiger partial charge in [0.1, 0.15) is 28.2 Å². The van der Waals surface area contributed by atoms with Crippen molar-refractivity contribution >= 4 is 11.0 Å². The normalized spacial score (nSPS) is 23.0. The third kappa shape index (κ3) is 2.34. The van der Waals surface area contributed by atoms with Gasteiger partial charge in [-0.15, -0.1) is 0 Å². The van der Waals surface area contributed by atoms with Crippen LogP contribution < -0.4 is 5.43 Å². The van der Waals surface area contributed by atoms with E-state index in [-0.39, 0.29) is 33.8 Å². The molecule has 0 radical (unpaired) electrons. The monoisotopic (exact) mass is 305 g/mol. The molecule has 22 heavy (non-hydrogen) atoms. The fourth-order valence-corrected chi connectivity index (χ4v) is 3.22. The van der Waals surface area contributed by atoms with Gasteiger partial charge < -0.3 is 24.6 Å². The Hall–Kier alpha value is -2.05. The average molecular weight is 305 g/mol. The first-order valence-electron chi connectivity index (χ1n) is 7.24. The van der Waals surface area contributed by atoms with Crippen LogP contribution in [0.3, 0.4) is 0 Å². The van der Waals surface area contributed by atoms with E-state index in [2.05, 4.69) is 0 Å². The Labute approximate surface area is 127 Å². The zero-order valence-electron chi connectivity index (χ0n) is 12.5. The van der Waals surface area contributed by atoms with E-state index in [4.69, 9.17) is 4.42 Å². The number of piperidine rings is 1. The van der Waals surface area contributed by atoms with Gasteiger partial charge in [0.15, 0.2) is 5.43 Å². The van der Waals surface area contributed by atoms with Crippen LogP contribution in [0.1, 0.15) is 23.7 Å². The van der Waals surface area contributed by atoms with Crippen molar-refractivity contribution in [3.05, 3.63) is 33.7 Å². The average Bonchev–Trinajstić information content (AvgIpc) is 2.39. The van der Waals surface area contributed by atoms with Gasteiger partial charge in [-0.05, 0) is 26.9 Å². The van der Waals surface area contributed by atoms with E-state index in [0.717, 1.165) is 12.6 Å². The lowest BCUT2D eigenvalue weighted by Crippen LogP contribution is -2.40. The van der Waals surface area contributed by atoms with Crippen LogP contribution in [0.2, 0.25) is 0 Å². The van der Waals surface area contributed by atoms with Gasteiger partial charge in [0, 0.05) is 30.2 Å². The molecule has 0 amide bonds. The molecule has 2 heterocycles. The quantitative estimate of drug-likeness (QED) is 0.735. The Kier molecular flexibility index (Phi) is 3.58. The summed E-state index contributed by atoms with van der Waals surface area (Å²) >= 11 is 0. The first-order valence-corrected chi connectivity index (χ1v) is 7.24. The second-order valence-corrected chi connectivity index (χ2v) is 5.98. The van der Waals surface area contributed by atoms with Crippen LogP contribution >= 0.6 is 0 Å². The minimum absolute atomic E-state index is 0.0459. The number of likely N-dealkylation sites (tertiary alicyclic amines) is 1. The van der Waals surface area contributed by atoms with Gasteiger partial charge in [-0.25, -0.2) is 0 Å². The van der Waals surface area contributed by atoms with Crippen molar-refractivity contribution < 1.29 is 19.7 Å². The lowest BCUT2D eigenvalue weighted by Gasteiger charge is -2.34.